The lowest BCUT2D eigenvalue weighted by atomic mass is 9.84. The topological polar surface area (TPSA) is 3.24 Å². The molecule has 0 aromatic heterocycles. The SMILES string of the molecule is c1ccc(C[C@@H]2C[C@@H](Cc3ccccc3)N2Cc2ccccc2)cc1. The first-order chi connectivity index (χ1) is 12.4. The van der Waals surface area contributed by atoms with Gasteiger partial charge in [0, 0.05) is 18.6 Å². The summed E-state index contributed by atoms with van der Waals surface area (Å²) in [5.74, 6) is 0. The van der Waals surface area contributed by atoms with Gasteiger partial charge in [-0.2, -0.15) is 0 Å². The molecule has 1 aliphatic heterocycles. The van der Waals surface area contributed by atoms with Crippen LogP contribution in [0.15, 0.2) is 91.0 Å². The van der Waals surface area contributed by atoms with E-state index in [9.17, 15) is 0 Å². The molecule has 0 bridgehead atoms. The van der Waals surface area contributed by atoms with Gasteiger partial charge in [-0.05, 0) is 36.0 Å². The minimum atomic E-state index is 0.649. The first-order valence-corrected chi connectivity index (χ1v) is 9.26. The fourth-order valence-electron chi connectivity index (χ4n) is 3.97. The van der Waals surface area contributed by atoms with E-state index in [0.717, 1.165) is 19.4 Å². The van der Waals surface area contributed by atoms with Crippen LogP contribution in [0.2, 0.25) is 0 Å². The molecule has 0 N–H and O–H groups in total. The average Bonchev–Trinajstić information content (AvgIpc) is 2.68. The quantitative estimate of drug-likeness (QED) is 0.608. The molecular formula is C24H25N. The summed E-state index contributed by atoms with van der Waals surface area (Å²) in [6, 6.07) is 34.0. The largest absolute Gasteiger partial charge is 0.292 e. The Labute approximate surface area is 150 Å². The fourth-order valence-corrected chi connectivity index (χ4v) is 3.97. The molecule has 1 nitrogen and oxygen atoms in total. The Hall–Kier alpha value is -2.38. The Kier molecular flexibility index (Phi) is 4.94. The summed E-state index contributed by atoms with van der Waals surface area (Å²) in [7, 11) is 0. The second-order valence-electron chi connectivity index (χ2n) is 7.08. The smallest absolute Gasteiger partial charge is 0.0239 e. The van der Waals surface area contributed by atoms with E-state index in [1.165, 1.54) is 23.1 Å². The van der Waals surface area contributed by atoms with Crippen LogP contribution in [0.5, 0.6) is 0 Å². The molecule has 3 aromatic rings. The van der Waals surface area contributed by atoms with Crippen LogP contribution in [0.25, 0.3) is 0 Å². The highest BCUT2D eigenvalue weighted by Gasteiger charge is 2.37. The predicted octanol–water partition coefficient (Wildman–Crippen LogP) is 5.11. The number of hydrogen-bond acceptors (Lipinski definition) is 1. The third kappa shape index (κ3) is 4.00. The van der Waals surface area contributed by atoms with Gasteiger partial charge < -0.3 is 0 Å². The second kappa shape index (κ2) is 7.67. The van der Waals surface area contributed by atoms with E-state index in [0.29, 0.717) is 12.1 Å². The zero-order chi connectivity index (χ0) is 16.9. The number of hydrogen-bond donors (Lipinski definition) is 0. The summed E-state index contributed by atoms with van der Waals surface area (Å²) >= 11 is 0. The molecular weight excluding hydrogens is 302 g/mol. The third-order valence-electron chi connectivity index (χ3n) is 5.32. The van der Waals surface area contributed by atoms with Crippen molar-refractivity contribution >= 4 is 0 Å². The number of rotatable bonds is 6. The molecule has 1 heteroatoms. The van der Waals surface area contributed by atoms with Crippen molar-refractivity contribution in [2.24, 2.45) is 0 Å². The molecule has 25 heavy (non-hydrogen) atoms. The van der Waals surface area contributed by atoms with Crippen LogP contribution in [0.3, 0.4) is 0 Å². The van der Waals surface area contributed by atoms with Gasteiger partial charge in [0.25, 0.3) is 0 Å². The summed E-state index contributed by atoms with van der Waals surface area (Å²) < 4.78 is 0. The molecule has 4 rings (SSSR count). The van der Waals surface area contributed by atoms with Crippen LogP contribution in [0, 0.1) is 0 Å². The van der Waals surface area contributed by atoms with Crippen molar-refractivity contribution in [2.75, 3.05) is 0 Å². The lowest BCUT2D eigenvalue weighted by Crippen LogP contribution is -2.57. The van der Waals surface area contributed by atoms with E-state index < -0.39 is 0 Å². The van der Waals surface area contributed by atoms with Gasteiger partial charge in [0.05, 0.1) is 0 Å². The fraction of sp³-hybridized carbons (Fsp3) is 0.250. The Morgan fingerprint density at radius 2 is 0.960 bits per heavy atom. The maximum Gasteiger partial charge on any atom is 0.0239 e. The Morgan fingerprint density at radius 1 is 0.560 bits per heavy atom. The number of nitrogens with zero attached hydrogens (tertiary/aromatic N) is 1. The van der Waals surface area contributed by atoms with Gasteiger partial charge >= 0.3 is 0 Å². The van der Waals surface area contributed by atoms with E-state index in [4.69, 9.17) is 0 Å². The molecule has 3 aromatic carbocycles. The minimum Gasteiger partial charge on any atom is -0.292 e. The maximum atomic E-state index is 2.70. The van der Waals surface area contributed by atoms with Crippen LogP contribution >= 0.6 is 0 Å². The molecule has 0 unspecified atom stereocenters. The number of benzene rings is 3. The molecule has 126 valence electrons. The van der Waals surface area contributed by atoms with E-state index in [2.05, 4.69) is 95.9 Å². The van der Waals surface area contributed by atoms with E-state index in [1.807, 2.05) is 0 Å². The van der Waals surface area contributed by atoms with Gasteiger partial charge in [-0.3, -0.25) is 4.90 Å². The summed E-state index contributed by atoms with van der Waals surface area (Å²) in [5.41, 5.74) is 4.31. The van der Waals surface area contributed by atoms with Crippen molar-refractivity contribution < 1.29 is 0 Å². The van der Waals surface area contributed by atoms with Crippen molar-refractivity contribution in [2.45, 2.75) is 37.9 Å². The highest BCUT2D eigenvalue weighted by Crippen LogP contribution is 2.32. The molecule has 0 saturated carbocycles. The first-order valence-electron chi connectivity index (χ1n) is 9.26. The van der Waals surface area contributed by atoms with Gasteiger partial charge in [-0.1, -0.05) is 91.0 Å². The minimum absolute atomic E-state index is 0.649. The van der Waals surface area contributed by atoms with Crippen LogP contribution in [0.1, 0.15) is 23.1 Å². The van der Waals surface area contributed by atoms with Gasteiger partial charge in [0.1, 0.15) is 0 Å². The lowest BCUT2D eigenvalue weighted by Gasteiger charge is -2.49. The van der Waals surface area contributed by atoms with Crippen LogP contribution in [-0.4, -0.2) is 17.0 Å². The highest BCUT2D eigenvalue weighted by molar-refractivity contribution is 5.22. The van der Waals surface area contributed by atoms with Gasteiger partial charge in [-0.15, -0.1) is 0 Å². The molecule has 1 aliphatic rings. The lowest BCUT2D eigenvalue weighted by molar-refractivity contribution is 0.00734. The van der Waals surface area contributed by atoms with E-state index in [-0.39, 0.29) is 0 Å². The normalized spacial score (nSPS) is 20.2. The average molecular weight is 327 g/mol. The zero-order valence-corrected chi connectivity index (χ0v) is 14.6. The first kappa shape index (κ1) is 16.1. The van der Waals surface area contributed by atoms with Gasteiger partial charge in [-0.25, -0.2) is 0 Å². The van der Waals surface area contributed by atoms with Gasteiger partial charge in [0.15, 0.2) is 0 Å². The number of likely N-dealkylation sites (tertiary alicyclic amines) is 1. The highest BCUT2D eigenvalue weighted by atomic mass is 15.2. The molecule has 0 amide bonds. The Balaban J connectivity index is 1.47. The standard InChI is InChI=1S/C24H25N/c1-4-10-20(11-5-1)16-23-18-24(17-21-12-6-2-7-13-21)25(23)19-22-14-8-3-9-15-22/h1-15,23-24H,16-19H2/t23-,24-/m1/s1. The van der Waals surface area contributed by atoms with Crippen LogP contribution in [0.4, 0.5) is 0 Å². The molecule has 0 spiro atoms. The molecule has 0 radical (unpaired) electrons. The van der Waals surface area contributed by atoms with E-state index >= 15 is 0 Å². The van der Waals surface area contributed by atoms with Crippen molar-refractivity contribution in [3.05, 3.63) is 108 Å². The summed E-state index contributed by atoms with van der Waals surface area (Å²) in [4.78, 5) is 2.70. The summed E-state index contributed by atoms with van der Waals surface area (Å²) in [5, 5.41) is 0. The summed E-state index contributed by atoms with van der Waals surface area (Å²) in [6.45, 7) is 1.05. The van der Waals surface area contributed by atoms with Crippen molar-refractivity contribution in [1.82, 2.24) is 4.90 Å². The van der Waals surface area contributed by atoms with Crippen molar-refractivity contribution in [1.29, 1.82) is 0 Å². The Bertz CT molecular complexity index is 719. The Morgan fingerprint density at radius 3 is 1.40 bits per heavy atom. The van der Waals surface area contributed by atoms with Crippen LogP contribution in [-0.2, 0) is 19.4 Å². The maximum absolute atomic E-state index is 2.70. The molecule has 1 saturated heterocycles. The van der Waals surface area contributed by atoms with Gasteiger partial charge in [0.2, 0.25) is 0 Å². The predicted molar refractivity (Wildman–Crippen MR) is 104 cm³/mol. The molecule has 2 atom stereocenters. The van der Waals surface area contributed by atoms with Crippen molar-refractivity contribution in [3.63, 3.8) is 0 Å². The molecule has 1 heterocycles. The zero-order valence-electron chi connectivity index (χ0n) is 14.6. The second-order valence-corrected chi connectivity index (χ2v) is 7.08. The van der Waals surface area contributed by atoms with Crippen LogP contribution < -0.4 is 0 Å². The molecule has 1 fully saturated rings. The third-order valence-corrected chi connectivity index (χ3v) is 5.32. The summed E-state index contributed by atoms with van der Waals surface area (Å²) in [6.07, 6.45) is 3.59. The molecule has 0 aliphatic carbocycles. The van der Waals surface area contributed by atoms with Crippen molar-refractivity contribution in [3.8, 4) is 0 Å². The van der Waals surface area contributed by atoms with E-state index in [1.54, 1.807) is 0 Å². The monoisotopic (exact) mass is 327 g/mol.